The van der Waals surface area contributed by atoms with Crippen molar-refractivity contribution in [1.29, 1.82) is 0 Å². The average Bonchev–Trinajstić information content (AvgIpc) is 2.16. The van der Waals surface area contributed by atoms with Gasteiger partial charge in [-0.3, -0.25) is 11.3 Å². The number of rotatable bonds is 4. The highest BCUT2D eigenvalue weighted by Crippen LogP contribution is 2.37. The molecule has 16 heavy (non-hydrogen) atoms. The summed E-state index contributed by atoms with van der Waals surface area (Å²) in [6, 6.07) is 0.239. The van der Waals surface area contributed by atoms with Gasteiger partial charge in [-0.1, -0.05) is 13.8 Å². The highest BCUT2D eigenvalue weighted by atomic mass is 16.5. The molecule has 1 aliphatic rings. The zero-order valence-corrected chi connectivity index (χ0v) is 11.4. The van der Waals surface area contributed by atoms with E-state index in [4.69, 9.17) is 10.6 Å². The lowest BCUT2D eigenvalue weighted by Crippen LogP contribution is -2.56. The van der Waals surface area contributed by atoms with Crippen LogP contribution in [0.1, 0.15) is 47.0 Å². The van der Waals surface area contributed by atoms with Crippen molar-refractivity contribution in [2.24, 2.45) is 23.6 Å². The topological polar surface area (TPSA) is 47.3 Å². The molecule has 3 atom stereocenters. The summed E-state index contributed by atoms with van der Waals surface area (Å²) in [7, 11) is 1.76. The standard InChI is InChI=1S/C13H28N2O/c1-9-6-10(2)8-11(7-9)12(15-14)13(3,4)16-5/h9-12,15H,6-8,14H2,1-5H3. The van der Waals surface area contributed by atoms with Gasteiger partial charge in [-0.2, -0.15) is 0 Å². The molecule has 0 heterocycles. The van der Waals surface area contributed by atoms with Crippen molar-refractivity contribution in [2.45, 2.75) is 58.6 Å². The van der Waals surface area contributed by atoms with Gasteiger partial charge in [-0.05, 0) is 50.9 Å². The van der Waals surface area contributed by atoms with Gasteiger partial charge in [0.05, 0.1) is 11.6 Å². The van der Waals surface area contributed by atoms with E-state index in [-0.39, 0.29) is 11.6 Å². The first-order valence-corrected chi connectivity index (χ1v) is 6.42. The molecule has 0 aromatic carbocycles. The Bertz CT molecular complexity index is 208. The lowest BCUT2D eigenvalue weighted by atomic mass is 9.71. The van der Waals surface area contributed by atoms with Crippen molar-refractivity contribution in [3.8, 4) is 0 Å². The van der Waals surface area contributed by atoms with E-state index < -0.39 is 0 Å². The van der Waals surface area contributed by atoms with Crippen LogP contribution in [0, 0.1) is 17.8 Å². The van der Waals surface area contributed by atoms with Crippen molar-refractivity contribution in [3.05, 3.63) is 0 Å². The molecule has 0 aliphatic heterocycles. The van der Waals surface area contributed by atoms with Crippen LogP contribution in [0.3, 0.4) is 0 Å². The maximum absolute atomic E-state index is 5.73. The van der Waals surface area contributed by atoms with Crippen LogP contribution in [0.2, 0.25) is 0 Å². The summed E-state index contributed by atoms with van der Waals surface area (Å²) in [5.74, 6) is 7.96. The molecular weight excluding hydrogens is 200 g/mol. The van der Waals surface area contributed by atoms with Crippen LogP contribution in [0.5, 0.6) is 0 Å². The van der Waals surface area contributed by atoms with E-state index in [1.807, 2.05) is 0 Å². The molecule has 3 unspecified atom stereocenters. The van der Waals surface area contributed by atoms with E-state index in [9.17, 15) is 0 Å². The Balaban J connectivity index is 2.72. The molecule has 3 heteroatoms. The van der Waals surface area contributed by atoms with E-state index >= 15 is 0 Å². The number of nitrogens with one attached hydrogen (secondary N) is 1. The lowest BCUT2D eigenvalue weighted by Gasteiger charge is -2.42. The molecule has 0 spiro atoms. The molecule has 96 valence electrons. The first kappa shape index (κ1) is 13.9. The molecule has 3 N–H and O–H groups in total. The SMILES string of the molecule is COC(C)(C)C(NN)C1CC(C)CC(C)C1. The normalized spacial score (nSPS) is 33.8. The number of methoxy groups -OCH3 is 1. The highest BCUT2D eigenvalue weighted by Gasteiger charge is 2.38. The fourth-order valence-corrected chi connectivity index (χ4v) is 3.31. The summed E-state index contributed by atoms with van der Waals surface area (Å²) < 4.78 is 5.57. The van der Waals surface area contributed by atoms with Crippen LogP contribution in [-0.2, 0) is 4.74 Å². The Morgan fingerprint density at radius 2 is 1.69 bits per heavy atom. The van der Waals surface area contributed by atoms with E-state index in [1.165, 1.54) is 19.3 Å². The predicted molar refractivity (Wildman–Crippen MR) is 67.9 cm³/mol. The summed E-state index contributed by atoms with van der Waals surface area (Å²) in [5, 5.41) is 0. The summed E-state index contributed by atoms with van der Waals surface area (Å²) >= 11 is 0. The number of hydrazine groups is 1. The zero-order chi connectivity index (χ0) is 12.3. The molecule has 0 aromatic rings. The van der Waals surface area contributed by atoms with Gasteiger partial charge in [0.1, 0.15) is 0 Å². The molecule has 1 saturated carbocycles. The summed E-state index contributed by atoms with van der Waals surface area (Å²) in [5.41, 5.74) is 2.78. The van der Waals surface area contributed by atoms with Gasteiger partial charge < -0.3 is 4.74 Å². The Morgan fingerprint density at radius 1 is 1.19 bits per heavy atom. The van der Waals surface area contributed by atoms with Gasteiger partial charge in [0.15, 0.2) is 0 Å². The Hall–Kier alpha value is -0.120. The van der Waals surface area contributed by atoms with Gasteiger partial charge in [0.2, 0.25) is 0 Å². The molecule has 0 saturated heterocycles. The van der Waals surface area contributed by atoms with Crippen LogP contribution in [0.4, 0.5) is 0 Å². The Morgan fingerprint density at radius 3 is 2.06 bits per heavy atom. The minimum absolute atomic E-state index is 0.198. The molecule has 0 aromatic heterocycles. The monoisotopic (exact) mass is 228 g/mol. The van der Waals surface area contributed by atoms with Crippen molar-refractivity contribution in [3.63, 3.8) is 0 Å². The van der Waals surface area contributed by atoms with Gasteiger partial charge in [-0.25, -0.2) is 0 Å². The van der Waals surface area contributed by atoms with Crippen LogP contribution >= 0.6 is 0 Å². The zero-order valence-electron chi connectivity index (χ0n) is 11.4. The van der Waals surface area contributed by atoms with Crippen LogP contribution < -0.4 is 11.3 Å². The largest absolute Gasteiger partial charge is 0.377 e. The molecule has 0 radical (unpaired) electrons. The minimum atomic E-state index is -0.198. The van der Waals surface area contributed by atoms with Gasteiger partial charge in [-0.15, -0.1) is 0 Å². The van der Waals surface area contributed by atoms with Crippen molar-refractivity contribution >= 4 is 0 Å². The van der Waals surface area contributed by atoms with Crippen LogP contribution in [0.25, 0.3) is 0 Å². The third-order valence-corrected chi connectivity index (χ3v) is 4.14. The molecule has 1 rings (SSSR count). The van der Waals surface area contributed by atoms with Crippen LogP contribution in [0.15, 0.2) is 0 Å². The third-order valence-electron chi connectivity index (χ3n) is 4.14. The summed E-state index contributed by atoms with van der Waals surface area (Å²) in [6.45, 7) is 8.91. The summed E-state index contributed by atoms with van der Waals surface area (Å²) in [4.78, 5) is 0. The van der Waals surface area contributed by atoms with Crippen LogP contribution in [-0.4, -0.2) is 18.8 Å². The second-order valence-corrected chi connectivity index (χ2v) is 6.13. The molecular formula is C13H28N2O. The summed E-state index contributed by atoms with van der Waals surface area (Å²) in [6.07, 6.45) is 3.86. The number of nitrogens with two attached hydrogens (primary N) is 1. The van der Waals surface area contributed by atoms with Gasteiger partial charge in [0.25, 0.3) is 0 Å². The second-order valence-electron chi connectivity index (χ2n) is 6.13. The van der Waals surface area contributed by atoms with Gasteiger partial charge in [0, 0.05) is 7.11 Å². The molecule has 3 nitrogen and oxygen atoms in total. The quantitative estimate of drug-likeness (QED) is 0.573. The maximum atomic E-state index is 5.73. The Kier molecular flexibility index (Phi) is 4.77. The number of hydrogen-bond acceptors (Lipinski definition) is 3. The smallest absolute Gasteiger partial charge is 0.0791 e. The van der Waals surface area contributed by atoms with Crippen molar-refractivity contribution in [2.75, 3.05) is 7.11 Å². The van der Waals surface area contributed by atoms with E-state index in [0.29, 0.717) is 5.92 Å². The fourth-order valence-electron chi connectivity index (χ4n) is 3.31. The van der Waals surface area contributed by atoms with Crippen molar-refractivity contribution in [1.82, 2.24) is 5.43 Å². The number of hydrogen-bond donors (Lipinski definition) is 2. The van der Waals surface area contributed by atoms with Gasteiger partial charge >= 0.3 is 0 Å². The third kappa shape index (κ3) is 3.19. The molecule has 0 bridgehead atoms. The van der Waals surface area contributed by atoms with E-state index in [0.717, 1.165) is 11.8 Å². The molecule has 0 amide bonds. The second kappa shape index (κ2) is 5.48. The predicted octanol–water partition coefficient (Wildman–Crippen LogP) is 2.32. The first-order chi connectivity index (χ1) is 7.40. The molecule has 1 aliphatic carbocycles. The highest BCUT2D eigenvalue weighted by molar-refractivity contribution is 4.92. The minimum Gasteiger partial charge on any atom is -0.377 e. The number of ether oxygens (including phenoxy) is 1. The Labute approximate surface area is 100 Å². The fraction of sp³-hybridized carbons (Fsp3) is 1.00. The maximum Gasteiger partial charge on any atom is 0.0791 e. The first-order valence-electron chi connectivity index (χ1n) is 6.42. The molecule has 1 fully saturated rings. The van der Waals surface area contributed by atoms with E-state index in [1.54, 1.807) is 7.11 Å². The lowest BCUT2D eigenvalue weighted by molar-refractivity contribution is -0.0392. The van der Waals surface area contributed by atoms with E-state index in [2.05, 4.69) is 33.1 Å². The average molecular weight is 228 g/mol. The van der Waals surface area contributed by atoms with Crippen molar-refractivity contribution < 1.29 is 4.74 Å².